The standard InChI is InChI=1S/C18H16BrN3O2/c19-16-11-15(24-18(16)22-8-4-5-9-22)10-13(12-20)17(23)21-14-6-2-1-3-7-14/h1-3,6-7,10-11H,4-5,8-9H2,(H,21,23)/b13-10-. The lowest BCUT2D eigenvalue weighted by Gasteiger charge is -2.13. The molecule has 24 heavy (non-hydrogen) atoms. The molecule has 0 aliphatic carbocycles. The number of furan rings is 1. The highest BCUT2D eigenvalue weighted by Gasteiger charge is 2.20. The lowest BCUT2D eigenvalue weighted by atomic mass is 10.2. The minimum Gasteiger partial charge on any atom is -0.440 e. The highest BCUT2D eigenvalue weighted by molar-refractivity contribution is 9.10. The van der Waals surface area contributed by atoms with Crippen molar-refractivity contribution in [3.8, 4) is 6.07 Å². The van der Waals surface area contributed by atoms with Crippen molar-refractivity contribution >= 4 is 39.5 Å². The van der Waals surface area contributed by atoms with Gasteiger partial charge in [0.1, 0.15) is 17.4 Å². The molecule has 1 fully saturated rings. The largest absolute Gasteiger partial charge is 0.440 e. The third kappa shape index (κ3) is 3.69. The van der Waals surface area contributed by atoms with Crippen molar-refractivity contribution in [3.63, 3.8) is 0 Å². The van der Waals surface area contributed by atoms with Crippen LogP contribution in [-0.2, 0) is 4.79 Å². The number of amides is 1. The second-order valence-electron chi connectivity index (χ2n) is 5.49. The van der Waals surface area contributed by atoms with Gasteiger partial charge in [-0.25, -0.2) is 0 Å². The maximum absolute atomic E-state index is 12.2. The number of hydrogen-bond acceptors (Lipinski definition) is 4. The summed E-state index contributed by atoms with van der Waals surface area (Å²) >= 11 is 3.48. The number of rotatable bonds is 4. The van der Waals surface area contributed by atoms with Crippen LogP contribution in [0.2, 0.25) is 0 Å². The zero-order valence-electron chi connectivity index (χ0n) is 13.0. The molecule has 0 spiro atoms. The highest BCUT2D eigenvalue weighted by Crippen LogP contribution is 2.33. The summed E-state index contributed by atoms with van der Waals surface area (Å²) in [6, 6.07) is 12.7. The van der Waals surface area contributed by atoms with E-state index in [0.717, 1.165) is 36.3 Å². The molecule has 6 heteroatoms. The van der Waals surface area contributed by atoms with E-state index >= 15 is 0 Å². The van der Waals surface area contributed by atoms with Crippen molar-refractivity contribution in [1.29, 1.82) is 5.26 Å². The SMILES string of the molecule is N#C/C(=C/c1cc(Br)c(N2CCCC2)o1)C(=O)Nc1ccccc1. The first-order chi connectivity index (χ1) is 11.7. The van der Waals surface area contributed by atoms with E-state index in [4.69, 9.17) is 4.42 Å². The van der Waals surface area contributed by atoms with E-state index in [2.05, 4.69) is 26.1 Å². The van der Waals surface area contributed by atoms with Gasteiger partial charge in [-0.15, -0.1) is 0 Å². The fraction of sp³-hybridized carbons (Fsp3) is 0.222. The topological polar surface area (TPSA) is 69.3 Å². The third-order valence-electron chi connectivity index (χ3n) is 3.76. The van der Waals surface area contributed by atoms with E-state index in [-0.39, 0.29) is 5.57 Å². The molecule has 0 atom stereocenters. The summed E-state index contributed by atoms with van der Waals surface area (Å²) in [5.41, 5.74) is 0.634. The molecule has 0 radical (unpaired) electrons. The minimum absolute atomic E-state index is 0.00641. The van der Waals surface area contributed by atoms with Crippen LogP contribution in [0.3, 0.4) is 0 Å². The second kappa shape index (κ2) is 7.37. The van der Waals surface area contributed by atoms with Crippen LogP contribution in [0.1, 0.15) is 18.6 Å². The number of carbonyl (C=O) groups excluding carboxylic acids is 1. The Morgan fingerprint density at radius 1 is 1.29 bits per heavy atom. The molecule has 1 aromatic carbocycles. The number of nitrogens with zero attached hydrogens (tertiary/aromatic N) is 2. The van der Waals surface area contributed by atoms with E-state index in [1.54, 1.807) is 18.2 Å². The number of nitrogens with one attached hydrogen (secondary N) is 1. The van der Waals surface area contributed by atoms with Gasteiger partial charge >= 0.3 is 0 Å². The number of hydrogen-bond donors (Lipinski definition) is 1. The van der Waals surface area contributed by atoms with Gasteiger partial charge in [0.2, 0.25) is 5.88 Å². The summed E-state index contributed by atoms with van der Waals surface area (Å²) in [5, 5.41) is 12.0. The van der Waals surface area contributed by atoms with Crippen molar-refractivity contribution in [1.82, 2.24) is 0 Å². The molecule has 0 unspecified atom stereocenters. The van der Waals surface area contributed by atoms with E-state index in [9.17, 15) is 10.1 Å². The molecule has 1 amide bonds. The average molecular weight is 386 g/mol. The van der Waals surface area contributed by atoms with Gasteiger partial charge in [0.05, 0.1) is 4.47 Å². The van der Waals surface area contributed by atoms with Gasteiger partial charge in [0.15, 0.2) is 0 Å². The molecule has 3 rings (SSSR count). The molecule has 5 nitrogen and oxygen atoms in total. The predicted octanol–water partition coefficient (Wildman–Crippen LogP) is 4.19. The zero-order chi connectivity index (χ0) is 16.9. The normalized spacial score (nSPS) is 14.5. The van der Waals surface area contributed by atoms with Crippen LogP contribution >= 0.6 is 15.9 Å². The Bertz CT molecular complexity index is 799. The van der Waals surface area contributed by atoms with Crippen molar-refractivity contribution in [2.75, 3.05) is 23.3 Å². The molecule has 2 aromatic rings. The van der Waals surface area contributed by atoms with Crippen LogP contribution in [0.15, 0.2) is 50.9 Å². The number of benzene rings is 1. The summed E-state index contributed by atoms with van der Waals surface area (Å²) in [5.74, 6) is 0.766. The number of para-hydroxylation sites is 1. The van der Waals surface area contributed by atoms with Crippen molar-refractivity contribution in [2.45, 2.75) is 12.8 Å². The van der Waals surface area contributed by atoms with E-state index in [0.29, 0.717) is 11.4 Å². The highest BCUT2D eigenvalue weighted by atomic mass is 79.9. The zero-order valence-corrected chi connectivity index (χ0v) is 14.5. The minimum atomic E-state index is -0.459. The molecule has 2 heterocycles. The van der Waals surface area contributed by atoms with E-state index in [1.807, 2.05) is 24.3 Å². The van der Waals surface area contributed by atoms with E-state index < -0.39 is 5.91 Å². The van der Waals surface area contributed by atoms with Gasteiger partial charge in [-0.3, -0.25) is 4.79 Å². The number of halogens is 1. The van der Waals surface area contributed by atoms with Gasteiger partial charge in [-0.1, -0.05) is 18.2 Å². The first kappa shape index (κ1) is 16.3. The van der Waals surface area contributed by atoms with Crippen LogP contribution in [0.5, 0.6) is 0 Å². The Hall–Kier alpha value is -2.52. The molecule has 1 saturated heterocycles. The Kier molecular flexibility index (Phi) is 5.02. The number of anilines is 2. The quantitative estimate of drug-likeness (QED) is 0.632. The average Bonchev–Trinajstić information content (AvgIpc) is 3.22. The predicted molar refractivity (Wildman–Crippen MR) is 96.5 cm³/mol. The fourth-order valence-electron chi connectivity index (χ4n) is 2.59. The monoisotopic (exact) mass is 385 g/mol. The molecule has 1 aromatic heterocycles. The van der Waals surface area contributed by atoms with Crippen LogP contribution in [0, 0.1) is 11.3 Å². The summed E-state index contributed by atoms with van der Waals surface area (Å²) in [4.78, 5) is 14.4. The Morgan fingerprint density at radius 2 is 2.00 bits per heavy atom. The molecular weight excluding hydrogens is 370 g/mol. The van der Waals surface area contributed by atoms with Gasteiger partial charge in [-0.05, 0) is 40.9 Å². The summed E-state index contributed by atoms with van der Waals surface area (Å²) in [7, 11) is 0. The molecular formula is C18H16BrN3O2. The Morgan fingerprint density at radius 3 is 2.67 bits per heavy atom. The maximum atomic E-state index is 12.2. The van der Waals surface area contributed by atoms with Gasteiger partial charge < -0.3 is 14.6 Å². The maximum Gasteiger partial charge on any atom is 0.266 e. The lowest BCUT2D eigenvalue weighted by molar-refractivity contribution is -0.112. The van der Waals surface area contributed by atoms with Crippen LogP contribution in [0.25, 0.3) is 6.08 Å². The summed E-state index contributed by atoms with van der Waals surface area (Å²) < 4.78 is 6.63. The van der Waals surface area contributed by atoms with Crippen molar-refractivity contribution < 1.29 is 9.21 Å². The van der Waals surface area contributed by atoms with Crippen LogP contribution < -0.4 is 10.2 Å². The molecule has 0 saturated carbocycles. The molecule has 122 valence electrons. The van der Waals surface area contributed by atoms with Crippen LogP contribution in [0.4, 0.5) is 11.6 Å². The molecule has 1 aliphatic heterocycles. The number of nitriles is 1. The molecule has 1 N–H and O–H groups in total. The first-order valence-corrected chi connectivity index (χ1v) is 8.49. The van der Waals surface area contributed by atoms with Gasteiger partial charge in [0.25, 0.3) is 5.91 Å². The fourth-order valence-corrected chi connectivity index (χ4v) is 3.15. The summed E-state index contributed by atoms with van der Waals surface area (Å²) in [6.07, 6.45) is 3.74. The second-order valence-corrected chi connectivity index (χ2v) is 6.34. The smallest absolute Gasteiger partial charge is 0.266 e. The lowest BCUT2D eigenvalue weighted by Crippen LogP contribution is -2.17. The number of carbonyl (C=O) groups is 1. The summed E-state index contributed by atoms with van der Waals surface area (Å²) in [6.45, 7) is 1.91. The Balaban J connectivity index is 1.79. The van der Waals surface area contributed by atoms with Gasteiger partial charge in [0, 0.05) is 30.9 Å². The van der Waals surface area contributed by atoms with Crippen LogP contribution in [-0.4, -0.2) is 19.0 Å². The van der Waals surface area contributed by atoms with E-state index in [1.165, 1.54) is 6.08 Å². The Labute approximate surface area is 148 Å². The first-order valence-electron chi connectivity index (χ1n) is 7.70. The third-order valence-corrected chi connectivity index (χ3v) is 4.33. The molecule has 1 aliphatic rings. The van der Waals surface area contributed by atoms with Crippen molar-refractivity contribution in [2.24, 2.45) is 0 Å². The van der Waals surface area contributed by atoms with Crippen molar-refractivity contribution in [3.05, 3.63) is 52.2 Å². The molecule has 0 bridgehead atoms. The van der Waals surface area contributed by atoms with Gasteiger partial charge in [-0.2, -0.15) is 5.26 Å².